The van der Waals surface area contributed by atoms with Crippen molar-refractivity contribution in [2.75, 3.05) is 0 Å². The molecule has 0 amide bonds. The predicted molar refractivity (Wildman–Crippen MR) is 92.4 cm³/mol. The first kappa shape index (κ1) is 16.2. The number of thiophene rings is 1. The smallest absolute Gasteiger partial charge is 0.0766 e. The second-order valence-corrected chi connectivity index (χ2v) is 7.99. The van der Waals surface area contributed by atoms with Crippen molar-refractivity contribution >= 4 is 43.2 Å². The van der Waals surface area contributed by atoms with E-state index in [4.69, 9.17) is 5.73 Å². The van der Waals surface area contributed by atoms with Gasteiger partial charge in [0.1, 0.15) is 0 Å². The molecule has 1 unspecified atom stereocenters. The highest BCUT2D eigenvalue weighted by molar-refractivity contribution is 9.11. The Kier molecular flexibility index (Phi) is 5.45. The summed E-state index contributed by atoms with van der Waals surface area (Å²) >= 11 is 8.96. The molecule has 0 saturated carbocycles. The number of rotatable bonds is 5. The second kappa shape index (κ2) is 6.73. The van der Waals surface area contributed by atoms with Crippen molar-refractivity contribution in [3.05, 3.63) is 36.2 Å². The number of aromatic nitrogens is 2. The molecule has 0 aromatic carbocycles. The number of hydrogen-bond acceptors (Lipinski definition) is 3. The summed E-state index contributed by atoms with van der Waals surface area (Å²) < 4.78 is 4.34. The minimum atomic E-state index is 0.00741. The van der Waals surface area contributed by atoms with Crippen LogP contribution in [0.3, 0.4) is 0 Å². The Morgan fingerprint density at radius 1 is 1.40 bits per heavy atom. The Balaban J connectivity index is 2.27. The van der Waals surface area contributed by atoms with Crippen LogP contribution in [-0.2, 0) is 19.4 Å². The largest absolute Gasteiger partial charge is 0.323 e. The van der Waals surface area contributed by atoms with Gasteiger partial charge in [0.2, 0.25) is 0 Å². The summed E-state index contributed by atoms with van der Waals surface area (Å²) in [5.41, 5.74) is 9.93. The maximum absolute atomic E-state index is 6.38. The van der Waals surface area contributed by atoms with Crippen LogP contribution >= 0.6 is 43.2 Å². The molecule has 0 aliphatic carbocycles. The topological polar surface area (TPSA) is 43.8 Å². The zero-order valence-corrected chi connectivity index (χ0v) is 15.9. The SMILES string of the molecule is CCc1nn(CC)c(CC(N)c2cc(C)c(Br)s2)c1Br. The van der Waals surface area contributed by atoms with Gasteiger partial charge in [-0.3, -0.25) is 4.68 Å². The molecule has 2 aromatic rings. The molecule has 1 atom stereocenters. The first-order chi connectivity index (χ1) is 9.47. The minimum absolute atomic E-state index is 0.00741. The molecule has 0 aliphatic heterocycles. The lowest BCUT2D eigenvalue weighted by Gasteiger charge is -2.11. The standard InChI is InChI=1S/C14H19Br2N3S/c1-4-10-13(15)11(19(5-2)18-10)7-9(17)12-6-8(3)14(16)20-12/h6,9H,4-5,7,17H2,1-3H3. The van der Waals surface area contributed by atoms with E-state index in [1.807, 2.05) is 0 Å². The molecule has 0 radical (unpaired) electrons. The summed E-state index contributed by atoms with van der Waals surface area (Å²) in [5.74, 6) is 0. The minimum Gasteiger partial charge on any atom is -0.323 e. The summed E-state index contributed by atoms with van der Waals surface area (Å²) in [5, 5.41) is 4.62. The normalized spacial score (nSPS) is 12.9. The second-order valence-electron chi connectivity index (χ2n) is 4.79. The first-order valence-corrected chi connectivity index (χ1v) is 9.13. The Labute approximate surface area is 140 Å². The average Bonchev–Trinajstić information content (AvgIpc) is 2.92. The zero-order valence-electron chi connectivity index (χ0n) is 11.9. The number of hydrogen-bond donors (Lipinski definition) is 1. The van der Waals surface area contributed by atoms with Gasteiger partial charge in [-0.2, -0.15) is 5.10 Å². The molecule has 0 fully saturated rings. The van der Waals surface area contributed by atoms with Crippen molar-refractivity contribution in [1.29, 1.82) is 0 Å². The van der Waals surface area contributed by atoms with E-state index in [9.17, 15) is 0 Å². The van der Waals surface area contributed by atoms with Gasteiger partial charge in [0, 0.05) is 23.9 Å². The third-order valence-corrected chi connectivity index (χ3v) is 6.53. The molecule has 2 heterocycles. The molecule has 6 heteroatoms. The van der Waals surface area contributed by atoms with E-state index in [1.165, 1.54) is 19.9 Å². The fourth-order valence-corrected chi connectivity index (χ4v) is 4.49. The molecule has 0 saturated heterocycles. The lowest BCUT2D eigenvalue weighted by Crippen LogP contribution is -2.15. The van der Waals surface area contributed by atoms with Crippen molar-refractivity contribution < 1.29 is 0 Å². The number of halogens is 2. The lowest BCUT2D eigenvalue weighted by molar-refractivity contribution is 0.587. The van der Waals surface area contributed by atoms with Gasteiger partial charge < -0.3 is 5.73 Å². The Morgan fingerprint density at radius 3 is 2.60 bits per heavy atom. The van der Waals surface area contributed by atoms with Crippen LogP contribution in [0.25, 0.3) is 0 Å². The van der Waals surface area contributed by atoms with E-state index < -0.39 is 0 Å². The van der Waals surface area contributed by atoms with Crippen LogP contribution in [0.2, 0.25) is 0 Å². The van der Waals surface area contributed by atoms with Gasteiger partial charge in [-0.1, -0.05) is 6.92 Å². The maximum Gasteiger partial charge on any atom is 0.0766 e. The van der Waals surface area contributed by atoms with Crippen LogP contribution in [0.5, 0.6) is 0 Å². The molecule has 20 heavy (non-hydrogen) atoms. The molecule has 3 nitrogen and oxygen atoms in total. The molecule has 0 bridgehead atoms. The van der Waals surface area contributed by atoms with Crippen LogP contribution in [-0.4, -0.2) is 9.78 Å². The van der Waals surface area contributed by atoms with Gasteiger partial charge in [0.05, 0.1) is 19.6 Å². The van der Waals surface area contributed by atoms with Crippen molar-refractivity contribution in [3.63, 3.8) is 0 Å². The van der Waals surface area contributed by atoms with Crippen LogP contribution in [0.4, 0.5) is 0 Å². The summed E-state index contributed by atoms with van der Waals surface area (Å²) in [6, 6.07) is 2.17. The van der Waals surface area contributed by atoms with E-state index >= 15 is 0 Å². The number of nitrogens with two attached hydrogens (primary N) is 1. The summed E-state index contributed by atoms with van der Waals surface area (Å²) in [6.07, 6.45) is 1.73. The van der Waals surface area contributed by atoms with Crippen LogP contribution < -0.4 is 5.73 Å². The molecule has 0 spiro atoms. The lowest BCUT2D eigenvalue weighted by atomic mass is 10.1. The number of aryl methyl sites for hydroxylation is 3. The van der Waals surface area contributed by atoms with Gasteiger partial charge in [0.15, 0.2) is 0 Å². The van der Waals surface area contributed by atoms with E-state index in [-0.39, 0.29) is 6.04 Å². The highest BCUT2D eigenvalue weighted by Gasteiger charge is 2.19. The fraction of sp³-hybridized carbons (Fsp3) is 0.500. The van der Waals surface area contributed by atoms with Crippen LogP contribution in [0.1, 0.15) is 41.7 Å². The van der Waals surface area contributed by atoms with Gasteiger partial charge in [-0.15, -0.1) is 11.3 Å². The third kappa shape index (κ3) is 3.18. The monoisotopic (exact) mass is 419 g/mol. The third-order valence-electron chi connectivity index (χ3n) is 3.35. The van der Waals surface area contributed by atoms with Gasteiger partial charge in [-0.05, 0) is 63.8 Å². The molecule has 2 rings (SSSR count). The van der Waals surface area contributed by atoms with Crippen molar-refractivity contribution in [2.45, 2.75) is 46.2 Å². The summed E-state index contributed by atoms with van der Waals surface area (Å²) in [7, 11) is 0. The molecule has 2 N–H and O–H groups in total. The highest BCUT2D eigenvalue weighted by Crippen LogP contribution is 2.33. The molecule has 110 valence electrons. The van der Waals surface area contributed by atoms with E-state index in [2.05, 4.69) is 68.5 Å². The Bertz CT molecular complexity index is 584. The van der Waals surface area contributed by atoms with Crippen molar-refractivity contribution in [1.82, 2.24) is 9.78 Å². The average molecular weight is 421 g/mol. The molecule has 0 aliphatic rings. The van der Waals surface area contributed by atoms with Gasteiger partial charge >= 0.3 is 0 Å². The van der Waals surface area contributed by atoms with E-state index in [0.29, 0.717) is 0 Å². The van der Waals surface area contributed by atoms with E-state index in [0.717, 1.165) is 29.6 Å². The summed E-state index contributed by atoms with van der Waals surface area (Å²) in [6.45, 7) is 7.20. The Hall–Kier alpha value is -0.170. The van der Waals surface area contributed by atoms with Crippen LogP contribution in [0.15, 0.2) is 14.3 Å². The van der Waals surface area contributed by atoms with E-state index in [1.54, 1.807) is 11.3 Å². The van der Waals surface area contributed by atoms with Crippen molar-refractivity contribution in [3.8, 4) is 0 Å². The zero-order chi connectivity index (χ0) is 14.9. The van der Waals surface area contributed by atoms with Crippen molar-refractivity contribution in [2.24, 2.45) is 5.73 Å². The fourth-order valence-electron chi connectivity index (χ4n) is 2.19. The first-order valence-electron chi connectivity index (χ1n) is 6.73. The van der Waals surface area contributed by atoms with Gasteiger partial charge in [-0.25, -0.2) is 0 Å². The molecular formula is C14H19Br2N3S. The van der Waals surface area contributed by atoms with Crippen LogP contribution in [0, 0.1) is 6.92 Å². The molecular weight excluding hydrogens is 402 g/mol. The predicted octanol–water partition coefficient (Wildman–Crippen LogP) is 4.60. The summed E-state index contributed by atoms with van der Waals surface area (Å²) in [4.78, 5) is 1.21. The Morgan fingerprint density at radius 2 is 2.10 bits per heavy atom. The van der Waals surface area contributed by atoms with Gasteiger partial charge in [0.25, 0.3) is 0 Å². The number of nitrogens with zero attached hydrogens (tertiary/aromatic N) is 2. The molecule has 2 aromatic heterocycles. The highest BCUT2D eigenvalue weighted by atomic mass is 79.9. The maximum atomic E-state index is 6.38. The quantitative estimate of drug-likeness (QED) is 0.767.